The Kier molecular flexibility index (Phi) is 8.83. The predicted octanol–water partition coefficient (Wildman–Crippen LogP) is 5.57. The quantitative estimate of drug-likeness (QED) is 0.177. The molecule has 0 unspecified atom stereocenters. The number of hydrogen-bond acceptors (Lipinski definition) is 12. The summed E-state index contributed by atoms with van der Waals surface area (Å²) >= 11 is 4.19. The maximum atomic E-state index is 14.0. The van der Waals surface area contributed by atoms with E-state index in [2.05, 4.69) is 4.99 Å². The van der Waals surface area contributed by atoms with Crippen molar-refractivity contribution in [1.29, 1.82) is 0 Å². The molecule has 232 valence electrons. The van der Waals surface area contributed by atoms with Gasteiger partial charge < -0.3 is 23.4 Å². The molecule has 0 radical (unpaired) electrons. The average Bonchev–Trinajstić information content (AvgIpc) is 3.73. The van der Waals surface area contributed by atoms with Gasteiger partial charge in [0.15, 0.2) is 25.7 Å². The van der Waals surface area contributed by atoms with Crippen LogP contribution in [0.2, 0.25) is 0 Å². The zero-order valence-corrected chi connectivity index (χ0v) is 27.6. The zero-order chi connectivity index (χ0) is 31.7. The van der Waals surface area contributed by atoms with E-state index in [0.717, 1.165) is 20.3 Å². The van der Waals surface area contributed by atoms with Crippen LogP contribution in [0.15, 0.2) is 83.4 Å². The van der Waals surface area contributed by atoms with E-state index >= 15 is 0 Å². The molecule has 0 N–H and O–H groups in total. The van der Waals surface area contributed by atoms with Crippen molar-refractivity contribution in [3.8, 4) is 17.2 Å². The summed E-state index contributed by atoms with van der Waals surface area (Å²) in [6, 6.07) is 14.0. The summed E-state index contributed by atoms with van der Waals surface area (Å²) in [6.45, 7) is 6.21. The number of benzene rings is 2. The van der Waals surface area contributed by atoms with Crippen molar-refractivity contribution in [2.45, 2.75) is 36.2 Å². The van der Waals surface area contributed by atoms with Gasteiger partial charge in [0.2, 0.25) is 0 Å². The highest BCUT2D eigenvalue weighted by Crippen LogP contribution is 2.38. The Morgan fingerprint density at radius 3 is 2.62 bits per heavy atom. The number of esters is 1. The summed E-state index contributed by atoms with van der Waals surface area (Å²) < 4.78 is 31.8. The van der Waals surface area contributed by atoms with E-state index in [1.165, 1.54) is 34.8 Å². The first-order chi connectivity index (χ1) is 21.8. The number of fused-ring (bicyclic) bond motifs is 2. The lowest BCUT2D eigenvalue weighted by atomic mass is 9.95. The Morgan fingerprint density at radius 1 is 1.04 bits per heavy atom. The first-order valence-electron chi connectivity index (χ1n) is 14.1. The standard InChI is InChI=1S/C32H29N3O7S3/c1-6-40-19-9-11-21-24(15-19)44-32(34-21)45-26-13-10-20(42-26)16-25-29(36)35-28(18-8-12-22(38-4)23(14-18)39-5)27(30(37)41-7-2)17(3)33-31(35)43-25/h8-16,28H,6-7H2,1-5H3/b25-16-/t28-/m1/s1. The molecular formula is C32H29N3O7S3. The number of thiazole rings is 2. The van der Waals surface area contributed by atoms with Crippen LogP contribution < -0.4 is 29.1 Å². The number of carbonyl (C=O) groups is 1. The van der Waals surface area contributed by atoms with E-state index in [0.29, 0.717) is 49.6 Å². The van der Waals surface area contributed by atoms with Crippen molar-refractivity contribution in [2.75, 3.05) is 27.4 Å². The Bertz CT molecular complexity index is 2120. The number of furan rings is 1. The number of nitrogens with zero attached hydrogens (tertiary/aromatic N) is 3. The Balaban J connectivity index is 1.37. The van der Waals surface area contributed by atoms with E-state index in [1.807, 2.05) is 37.3 Å². The average molecular weight is 664 g/mol. The summed E-state index contributed by atoms with van der Waals surface area (Å²) in [6.07, 6.45) is 1.69. The minimum absolute atomic E-state index is 0.183. The lowest BCUT2D eigenvalue weighted by Gasteiger charge is -2.25. The van der Waals surface area contributed by atoms with Gasteiger partial charge in [-0.05, 0) is 80.6 Å². The van der Waals surface area contributed by atoms with Crippen LogP contribution in [0.5, 0.6) is 17.2 Å². The summed E-state index contributed by atoms with van der Waals surface area (Å²) in [5.41, 5.74) is 1.99. The van der Waals surface area contributed by atoms with Crippen molar-refractivity contribution in [3.63, 3.8) is 0 Å². The molecule has 45 heavy (non-hydrogen) atoms. The van der Waals surface area contributed by atoms with E-state index in [4.69, 9.17) is 28.3 Å². The van der Waals surface area contributed by atoms with Crippen molar-refractivity contribution in [3.05, 3.63) is 90.8 Å². The minimum Gasteiger partial charge on any atom is -0.494 e. The number of rotatable bonds is 10. The van der Waals surface area contributed by atoms with Crippen LogP contribution >= 0.6 is 34.4 Å². The second-order valence-electron chi connectivity index (χ2n) is 9.72. The fourth-order valence-electron chi connectivity index (χ4n) is 5.00. The summed E-state index contributed by atoms with van der Waals surface area (Å²) in [4.78, 5) is 37.0. The van der Waals surface area contributed by atoms with Gasteiger partial charge in [-0.3, -0.25) is 9.36 Å². The van der Waals surface area contributed by atoms with Crippen molar-refractivity contribution in [2.24, 2.45) is 4.99 Å². The van der Waals surface area contributed by atoms with Crippen molar-refractivity contribution < 1.29 is 28.2 Å². The minimum atomic E-state index is -0.785. The topological polar surface area (TPSA) is 114 Å². The molecule has 1 atom stereocenters. The third kappa shape index (κ3) is 6.02. The molecule has 10 nitrogen and oxygen atoms in total. The number of allylic oxidation sites excluding steroid dienone is 1. The third-order valence-electron chi connectivity index (χ3n) is 6.96. The van der Waals surface area contributed by atoms with Crippen LogP contribution in [0.1, 0.15) is 38.1 Å². The maximum Gasteiger partial charge on any atom is 0.338 e. The van der Waals surface area contributed by atoms with Gasteiger partial charge in [-0.2, -0.15) is 0 Å². The van der Waals surface area contributed by atoms with E-state index in [-0.39, 0.29) is 17.7 Å². The zero-order valence-electron chi connectivity index (χ0n) is 25.1. The molecule has 0 saturated heterocycles. The highest BCUT2D eigenvalue weighted by Gasteiger charge is 2.34. The molecule has 6 rings (SSSR count). The van der Waals surface area contributed by atoms with Crippen molar-refractivity contribution in [1.82, 2.24) is 9.55 Å². The first-order valence-corrected chi connectivity index (χ1v) is 16.5. The Labute approximate surface area is 270 Å². The molecule has 4 heterocycles. The largest absolute Gasteiger partial charge is 0.494 e. The van der Waals surface area contributed by atoms with Gasteiger partial charge in [0.1, 0.15) is 11.5 Å². The van der Waals surface area contributed by atoms with E-state index in [1.54, 1.807) is 56.6 Å². The number of ether oxygens (including phenoxy) is 4. The van der Waals surface area contributed by atoms with Gasteiger partial charge in [-0.1, -0.05) is 17.4 Å². The summed E-state index contributed by atoms with van der Waals surface area (Å²) in [5.74, 6) is 1.78. The molecule has 0 spiro atoms. The maximum absolute atomic E-state index is 14.0. The molecular weight excluding hydrogens is 635 g/mol. The van der Waals surface area contributed by atoms with Crippen LogP contribution in [0.4, 0.5) is 0 Å². The molecule has 1 aliphatic heterocycles. The Hall–Kier alpha value is -4.33. The highest BCUT2D eigenvalue weighted by atomic mass is 32.2. The van der Waals surface area contributed by atoms with Crippen LogP contribution in [0.3, 0.4) is 0 Å². The summed E-state index contributed by atoms with van der Waals surface area (Å²) in [7, 11) is 3.08. The monoisotopic (exact) mass is 663 g/mol. The lowest BCUT2D eigenvalue weighted by molar-refractivity contribution is -0.139. The van der Waals surface area contributed by atoms with Gasteiger partial charge in [-0.25, -0.2) is 14.8 Å². The second kappa shape index (κ2) is 13.0. The molecule has 0 saturated carbocycles. The number of carbonyl (C=O) groups excluding carboxylic acids is 1. The number of aromatic nitrogens is 2. The van der Waals surface area contributed by atoms with Gasteiger partial charge in [-0.15, -0.1) is 11.3 Å². The van der Waals surface area contributed by atoms with Crippen LogP contribution in [-0.4, -0.2) is 43.0 Å². The van der Waals surface area contributed by atoms with Crippen LogP contribution in [0.25, 0.3) is 16.3 Å². The van der Waals surface area contributed by atoms with E-state index < -0.39 is 12.0 Å². The molecule has 0 bridgehead atoms. The third-order valence-corrected chi connectivity index (χ3v) is 9.94. The fraction of sp³-hybridized carbons (Fsp3) is 0.250. The van der Waals surface area contributed by atoms with Crippen LogP contribution in [-0.2, 0) is 9.53 Å². The molecule has 0 aliphatic carbocycles. The summed E-state index contributed by atoms with van der Waals surface area (Å²) in [5, 5.41) is 0.641. The van der Waals surface area contributed by atoms with Crippen molar-refractivity contribution >= 4 is 56.7 Å². The fourth-order valence-corrected chi connectivity index (χ4v) is 8.02. The smallest absolute Gasteiger partial charge is 0.338 e. The molecule has 3 aromatic heterocycles. The normalized spacial score (nSPS) is 14.8. The molecule has 0 amide bonds. The molecule has 0 fully saturated rings. The molecule has 2 aromatic carbocycles. The lowest BCUT2D eigenvalue weighted by Crippen LogP contribution is -2.39. The van der Waals surface area contributed by atoms with Gasteiger partial charge in [0.25, 0.3) is 5.56 Å². The van der Waals surface area contributed by atoms with Gasteiger partial charge in [0.05, 0.1) is 59.5 Å². The first kappa shape index (κ1) is 30.7. The number of hydrogen-bond donors (Lipinski definition) is 0. The van der Waals surface area contributed by atoms with E-state index in [9.17, 15) is 9.59 Å². The van der Waals surface area contributed by atoms with Gasteiger partial charge in [0, 0.05) is 6.08 Å². The Morgan fingerprint density at radius 2 is 1.87 bits per heavy atom. The predicted molar refractivity (Wildman–Crippen MR) is 174 cm³/mol. The second-order valence-corrected chi connectivity index (χ2v) is 13.0. The van der Waals surface area contributed by atoms with Gasteiger partial charge >= 0.3 is 5.97 Å². The molecule has 1 aliphatic rings. The SMILES string of the molecule is CCOC(=O)C1=C(C)N=c2s/c(=C\c3ccc(Sc4nc5ccc(OCC)cc5s4)o3)c(=O)n2[C@@H]1c1ccc(OC)c(OC)c1. The highest BCUT2D eigenvalue weighted by molar-refractivity contribution is 8.01. The number of methoxy groups -OCH3 is 2. The molecule has 5 aromatic rings. The van der Waals surface area contributed by atoms with Crippen LogP contribution in [0, 0.1) is 0 Å². The molecule has 13 heteroatoms.